The van der Waals surface area contributed by atoms with Gasteiger partial charge in [0.2, 0.25) is 0 Å². The van der Waals surface area contributed by atoms with Gasteiger partial charge < -0.3 is 26.8 Å². The summed E-state index contributed by atoms with van der Waals surface area (Å²) in [6.07, 6.45) is 0. The van der Waals surface area contributed by atoms with Crippen molar-refractivity contribution in [3.8, 4) is 22.5 Å². The first kappa shape index (κ1) is 46.1. The van der Waals surface area contributed by atoms with E-state index in [4.69, 9.17) is 17.7 Å². The summed E-state index contributed by atoms with van der Waals surface area (Å²) < 4.78 is 30.2. The highest BCUT2D eigenvalue weighted by Crippen LogP contribution is 2.43. The molecule has 0 fully saturated rings. The first-order valence-corrected chi connectivity index (χ1v) is 27.6. The van der Waals surface area contributed by atoms with Crippen LogP contribution in [0.3, 0.4) is 0 Å². The van der Waals surface area contributed by atoms with E-state index in [-0.39, 0.29) is 0 Å². The molecule has 18 aromatic rings. The van der Waals surface area contributed by atoms with Crippen molar-refractivity contribution in [2.75, 3.05) is 0 Å². The van der Waals surface area contributed by atoms with Gasteiger partial charge in [0, 0.05) is 81.6 Å². The molecule has 0 aliphatic rings. The molecular formula is C73H45BrN2O4. The summed E-state index contributed by atoms with van der Waals surface area (Å²) >= 11 is 3.60. The van der Waals surface area contributed by atoms with E-state index in [2.05, 4.69) is 232 Å². The van der Waals surface area contributed by atoms with E-state index in [1.807, 2.05) is 54.6 Å². The van der Waals surface area contributed by atoms with Crippen molar-refractivity contribution in [2.45, 2.75) is 6.92 Å². The topological polar surface area (TPSA) is 62.4 Å². The van der Waals surface area contributed by atoms with Gasteiger partial charge >= 0.3 is 0 Å². The van der Waals surface area contributed by atoms with Crippen LogP contribution in [-0.4, -0.2) is 9.13 Å². The molecule has 6 aromatic heterocycles. The number of hydrogen-bond donors (Lipinski definition) is 0. The fourth-order valence-corrected chi connectivity index (χ4v) is 12.8. The standard InChI is InChI=1S/C36H21NO2.C24H14BrNO.C13H10O/c1-4-15-30-23(9-1)24-10-2-5-16-31(24)37(30)22-19-20-33-29(21-22)27-14-7-13-26(36(27)39-33)25-12-8-18-34-35(25)28-11-3-6-17-32(28)38-34;25-20-9-5-8-18-19-14-15(12-13-23(19)27-24(18)20)26-21-10-3-1-6-16(21)17-7-2-4-11-22(17)26;1-9-5-4-8-12-13(9)10-6-2-3-7-11(10)14-12/h1-21H;1-14H;2-8H,1H3. The minimum absolute atomic E-state index is 0.881. The molecule has 6 nitrogen and oxygen atoms in total. The van der Waals surface area contributed by atoms with E-state index in [0.29, 0.717) is 0 Å². The van der Waals surface area contributed by atoms with Crippen LogP contribution in [0.15, 0.2) is 277 Å². The van der Waals surface area contributed by atoms with Crippen LogP contribution in [0.4, 0.5) is 0 Å². The van der Waals surface area contributed by atoms with E-state index >= 15 is 0 Å². The number of para-hydroxylation sites is 8. The summed E-state index contributed by atoms with van der Waals surface area (Å²) in [4.78, 5) is 0. The molecule has 0 unspecified atom stereocenters. The number of halogens is 1. The average molecular weight is 1090 g/mol. The Balaban J connectivity index is 0.000000111. The number of rotatable bonds is 3. The zero-order chi connectivity index (χ0) is 53.0. The monoisotopic (exact) mass is 1090 g/mol. The second-order valence-electron chi connectivity index (χ2n) is 20.4. The van der Waals surface area contributed by atoms with Crippen LogP contribution in [0.5, 0.6) is 0 Å². The Morgan fingerprint density at radius 1 is 0.275 bits per heavy atom. The van der Waals surface area contributed by atoms with Gasteiger partial charge in [0.15, 0.2) is 0 Å². The fourth-order valence-electron chi connectivity index (χ4n) is 12.4. The normalized spacial score (nSPS) is 11.9. The highest BCUT2D eigenvalue weighted by Gasteiger charge is 2.20. The van der Waals surface area contributed by atoms with Crippen LogP contribution in [0.25, 0.3) is 154 Å². The number of nitrogens with zero attached hydrogens (tertiary/aromatic N) is 2. The Kier molecular flexibility index (Phi) is 10.5. The third kappa shape index (κ3) is 7.17. The van der Waals surface area contributed by atoms with Gasteiger partial charge in [-0.05, 0) is 125 Å². The lowest BCUT2D eigenvalue weighted by Gasteiger charge is -2.08. The Morgan fingerprint density at radius 2 is 0.650 bits per heavy atom. The van der Waals surface area contributed by atoms with Gasteiger partial charge in [-0.2, -0.15) is 0 Å². The molecule has 378 valence electrons. The molecule has 0 aliphatic heterocycles. The third-order valence-electron chi connectivity index (χ3n) is 15.9. The van der Waals surface area contributed by atoms with Crippen LogP contribution in [0.1, 0.15) is 5.56 Å². The lowest BCUT2D eigenvalue weighted by Crippen LogP contribution is -1.93. The van der Waals surface area contributed by atoms with Crippen LogP contribution < -0.4 is 0 Å². The molecule has 80 heavy (non-hydrogen) atoms. The number of aromatic nitrogens is 2. The van der Waals surface area contributed by atoms with Crippen molar-refractivity contribution in [2.24, 2.45) is 0 Å². The first-order valence-electron chi connectivity index (χ1n) is 26.8. The Bertz CT molecular complexity index is 5380. The van der Waals surface area contributed by atoms with Crippen LogP contribution in [0, 0.1) is 6.92 Å². The molecule has 0 N–H and O–H groups in total. The maximum absolute atomic E-state index is 6.58. The second-order valence-corrected chi connectivity index (χ2v) is 21.3. The van der Waals surface area contributed by atoms with E-state index in [1.54, 1.807) is 0 Å². The molecule has 0 saturated heterocycles. The molecule has 7 heteroatoms. The summed E-state index contributed by atoms with van der Waals surface area (Å²) in [6.45, 7) is 2.12. The number of fused-ring (bicyclic) bond motifs is 18. The molecule has 0 spiro atoms. The van der Waals surface area contributed by atoms with Crippen molar-refractivity contribution in [3.05, 3.63) is 265 Å². The molecule has 6 heterocycles. The number of hydrogen-bond acceptors (Lipinski definition) is 4. The van der Waals surface area contributed by atoms with Crippen molar-refractivity contribution in [1.29, 1.82) is 0 Å². The van der Waals surface area contributed by atoms with Crippen LogP contribution >= 0.6 is 15.9 Å². The fraction of sp³-hybridized carbons (Fsp3) is 0.0137. The molecule has 18 rings (SSSR count). The lowest BCUT2D eigenvalue weighted by atomic mass is 9.97. The molecule has 12 aromatic carbocycles. The smallest absolute Gasteiger partial charge is 0.149 e. The summed E-state index contributed by atoms with van der Waals surface area (Å²) in [5.41, 5.74) is 17.8. The molecule has 0 radical (unpaired) electrons. The molecule has 0 saturated carbocycles. The van der Waals surface area contributed by atoms with Crippen LogP contribution in [-0.2, 0) is 0 Å². The minimum Gasteiger partial charge on any atom is -0.456 e. The first-order chi connectivity index (χ1) is 39.5. The summed E-state index contributed by atoms with van der Waals surface area (Å²) in [7, 11) is 0. The number of benzene rings is 12. The molecule has 0 atom stereocenters. The van der Waals surface area contributed by atoms with Gasteiger partial charge in [-0.3, -0.25) is 0 Å². The SMILES string of the molecule is Brc1cccc2c1oc1ccc(-n3c4ccccc4c4ccccc43)cc12.Cc1cccc2oc3ccccc3c12.c1ccc2c(c1)oc1cccc(-c3cccc4c3oc3ccc(-n5c6ccccc6c6ccccc65)cc34)c12. The molecule has 0 amide bonds. The summed E-state index contributed by atoms with van der Waals surface area (Å²) in [5.74, 6) is 0. The average Bonchev–Trinajstić information content (AvgIpc) is 4.39. The summed E-state index contributed by atoms with van der Waals surface area (Å²) in [5, 5.41) is 14.2. The lowest BCUT2D eigenvalue weighted by molar-refractivity contribution is 0.666. The van der Waals surface area contributed by atoms with Crippen molar-refractivity contribution >= 4 is 147 Å². The Labute approximate surface area is 465 Å². The number of furan rings is 4. The van der Waals surface area contributed by atoms with Gasteiger partial charge in [-0.1, -0.05) is 164 Å². The van der Waals surface area contributed by atoms with Crippen molar-refractivity contribution < 1.29 is 17.7 Å². The highest BCUT2D eigenvalue weighted by atomic mass is 79.9. The maximum Gasteiger partial charge on any atom is 0.149 e. The Hall–Kier alpha value is -10.1. The molecule has 0 bridgehead atoms. The van der Waals surface area contributed by atoms with E-state index < -0.39 is 0 Å². The zero-order valence-corrected chi connectivity index (χ0v) is 44.7. The highest BCUT2D eigenvalue weighted by molar-refractivity contribution is 9.10. The van der Waals surface area contributed by atoms with Gasteiger partial charge in [0.25, 0.3) is 0 Å². The Morgan fingerprint density at radius 3 is 1.20 bits per heavy atom. The predicted octanol–water partition coefficient (Wildman–Crippen LogP) is 21.6. The van der Waals surface area contributed by atoms with Gasteiger partial charge in [-0.15, -0.1) is 0 Å². The van der Waals surface area contributed by atoms with Crippen molar-refractivity contribution in [1.82, 2.24) is 9.13 Å². The van der Waals surface area contributed by atoms with Crippen molar-refractivity contribution in [3.63, 3.8) is 0 Å². The second kappa shape index (κ2) is 18.3. The zero-order valence-electron chi connectivity index (χ0n) is 43.2. The maximum atomic E-state index is 6.58. The van der Waals surface area contributed by atoms with Gasteiger partial charge in [-0.25, -0.2) is 0 Å². The number of aryl methyl sites for hydroxylation is 1. The van der Waals surface area contributed by atoms with E-state index in [1.165, 1.54) is 59.9 Å². The van der Waals surface area contributed by atoms with Gasteiger partial charge in [0.1, 0.15) is 44.7 Å². The summed E-state index contributed by atoms with van der Waals surface area (Å²) in [6, 6.07) is 88.7. The van der Waals surface area contributed by atoms with E-state index in [9.17, 15) is 0 Å². The molecular weight excluding hydrogens is 1050 g/mol. The predicted molar refractivity (Wildman–Crippen MR) is 335 cm³/mol. The molecule has 0 aliphatic carbocycles. The van der Waals surface area contributed by atoms with E-state index in [0.717, 1.165) is 104 Å². The van der Waals surface area contributed by atoms with Gasteiger partial charge in [0.05, 0.1) is 26.5 Å². The largest absolute Gasteiger partial charge is 0.456 e. The van der Waals surface area contributed by atoms with Crippen LogP contribution in [0.2, 0.25) is 0 Å². The minimum atomic E-state index is 0.881. The third-order valence-corrected chi connectivity index (χ3v) is 16.5. The quantitative estimate of drug-likeness (QED) is 0.177.